The number of benzene rings is 4. The molecule has 10 rings (SSSR count). The van der Waals surface area contributed by atoms with Crippen LogP contribution in [-0.4, -0.2) is 81.4 Å². The van der Waals surface area contributed by atoms with Crippen LogP contribution in [0.1, 0.15) is 65.6 Å². The summed E-state index contributed by atoms with van der Waals surface area (Å²) in [5, 5.41) is 13.8. The molecule has 2 fully saturated rings. The quantitative estimate of drug-likeness (QED) is 0.0604. The summed E-state index contributed by atoms with van der Waals surface area (Å²) in [5.41, 5.74) is 19.8. The van der Waals surface area contributed by atoms with Gasteiger partial charge < -0.3 is 26.8 Å². The smallest absolute Gasteiger partial charge is 0.335 e. The van der Waals surface area contributed by atoms with Crippen LogP contribution in [0.2, 0.25) is 0 Å². The maximum Gasteiger partial charge on any atom is 0.335 e. The highest BCUT2D eigenvalue weighted by Gasteiger charge is 2.46. The predicted octanol–water partition coefficient (Wildman–Crippen LogP) is 12.6. The van der Waals surface area contributed by atoms with E-state index in [1.165, 1.54) is 9.40 Å². The van der Waals surface area contributed by atoms with Gasteiger partial charge in [0.15, 0.2) is 11.6 Å². The lowest BCUT2D eigenvalue weighted by molar-refractivity contribution is -0.115. The molecule has 0 unspecified atom stereocenters. The van der Waals surface area contributed by atoms with E-state index in [4.69, 9.17) is 16.6 Å². The average molecular weight is 1090 g/mol. The van der Waals surface area contributed by atoms with Gasteiger partial charge in [0.1, 0.15) is 11.6 Å². The van der Waals surface area contributed by atoms with Gasteiger partial charge in [0.25, 0.3) is 17.8 Å². The molecule has 0 radical (unpaired) electrons. The molecule has 392 valence electrons. The molecule has 0 atom stereocenters. The number of aromatic nitrogens is 2. The van der Waals surface area contributed by atoms with Gasteiger partial charge in [-0.1, -0.05) is 24.3 Å². The number of rotatable bonds is 14. The summed E-state index contributed by atoms with van der Waals surface area (Å²) >= 11 is 3.41. The molecule has 2 saturated heterocycles. The number of carboxylic acid groups (broad SMARTS) is 1. The molecule has 0 aliphatic carbocycles. The third-order valence-electron chi connectivity index (χ3n) is 12.3. The van der Waals surface area contributed by atoms with Gasteiger partial charge in [-0.25, -0.2) is 32.3 Å². The van der Waals surface area contributed by atoms with Gasteiger partial charge in [0.2, 0.25) is 0 Å². The van der Waals surface area contributed by atoms with Crippen molar-refractivity contribution in [2.24, 2.45) is 0 Å². The molecule has 1 amide bonds. The molecule has 18 heteroatoms. The number of fused-ring (bicyclic) bond motifs is 2. The largest absolute Gasteiger partial charge is 0.478 e. The second kappa shape index (κ2) is 24.4. The number of ketones is 2. The van der Waals surface area contributed by atoms with Crippen molar-refractivity contribution < 1.29 is 41.8 Å². The van der Waals surface area contributed by atoms with Gasteiger partial charge in [-0.2, -0.15) is 0 Å². The summed E-state index contributed by atoms with van der Waals surface area (Å²) in [6, 6.07) is 33.7. The van der Waals surface area contributed by atoms with Crippen LogP contribution in [-0.2, 0) is 22.4 Å². The van der Waals surface area contributed by atoms with Crippen molar-refractivity contribution in [3.63, 3.8) is 0 Å². The number of aromatic carboxylic acids is 1. The summed E-state index contributed by atoms with van der Waals surface area (Å²) in [7, 11) is 0. The Labute approximate surface area is 450 Å². The Hall–Kier alpha value is -7.57. The molecule has 4 aromatic heterocycles. The van der Waals surface area contributed by atoms with Crippen LogP contribution in [0.3, 0.4) is 0 Å². The van der Waals surface area contributed by atoms with Crippen molar-refractivity contribution in [1.82, 2.24) is 20.2 Å². The van der Waals surface area contributed by atoms with E-state index in [1.54, 1.807) is 95.8 Å². The number of allylic oxidation sites excluding steroid dienone is 2. The number of anilines is 2. The average Bonchev–Trinajstić information content (AvgIpc) is 4.01. The summed E-state index contributed by atoms with van der Waals surface area (Å²) in [4.78, 5) is 59.6. The fraction of sp³-hybridized carbons (Fsp3) is 0.207. The van der Waals surface area contributed by atoms with Gasteiger partial charge in [-0.05, 0) is 191 Å². The number of nitrogens with one attached hydrogen (secondary N) is 1. The predicted molar refractivity (Wildman–Crippen MR) is 299 cm³/mol. The zero-order chi connectivity index (χ0) is 53.4. The highest BCUT2D eigenvalue weighted by Crippen LogP contribution is 2.36. The van der Waals surface area contributed by atoms with Crippen molar-refractivity contribution in [2.75, 3.05) is 37.6 Å². The minimum absolute atomic E-state index is 0. The zero-order valence-corrected chi connectivity index (χ0v) is 43.8. The molecule has 8 aromatic rings. The van der Waals surface area contributed by atoms with Crippen LogP contribution < -0.4 is 16.8 Å². The van der Waals surface area contributed by atoms with Crippen LogP contribution in [0.4, 0.5) is 29.2 Å². The van der Waals surface area contributed by atoms with Crippen molar-refractivity contribution in [2.45, 2.75) is 51.4 Å². The first-order valence-electron chi connectivity index (χ1n) is 23.9. The lowest BCUT2D eigenvalue weighted by Crippen LogP contribution is -2.58. The number of carbonyl (C=O) groups is 4. The minimum Gasteiger partial charge on any atom is -0.478 e. The molecule has 2 aliphatic heterocycles. The summed E-state index contributed by atoms with van der Waals surface area (Å²) in [6.45, 7) is 2.83. The van der Waals surface area contributed by atoms with Gasteiger partial charge in [-0.15, -0.1) is 35.1 Å². The molecule has 0 saturated carbocycles. The third-order valence-corrected chi connectivity index (χ3v) is 15.0. The Balaban J connectivity index is 0.000000198. The van der Waals surface area contributed by atoms with Crippen molar-refractivity contribution in [1.29, 1.82) is 0 Å². The van der Waals surface area contributed by atoms with Gasteiger partial charge in [0.05, 0.1) is 31.7 Å². The number of hydrogen-bond acceptors (Lipinski definition) is 11. The number of halogens is 5. The maximum atomic E-state index is 13.1. The highest BCUT2D eigenvalue weighted by atomic mass is 35.5. The summed E-state index contributed by atoms with van der Waals surface area (Å²) < 4.78 is 51.5. The van der Waals surface area contributed by atoms with E-state index in [9.17, 15) is 36.7 Å². The monoisotopic (exact) mass is 1090 g/mol. The maximum absolute atomic E-state index is 13.1. The fourth-order valence-electron chi connectivity index (χ4n) is 8.17. The Bertz CT molecular complexity index is 3440. The van der Waals surface area contributed by atoms with E-state index in [-0.39, 0.29) is 48.5 Å². The third kappa shape index (κ3) is 14.8. The molecule has 6 heterocycles. The van der Waals surface area contributed by atoms with E-state index < -0.39 is 30.9 Å². The highest BCUT2D eigenvalue weighted by molar-refractivity contribution is 7.19. The van der Waals surface area contributed by atoms with Gasteiger partial charge >= 0.3 is 5.97 Å². The molecule has 2 aliphatic rings. The van der Waals surface area contributed by atoms with E-state index in [1.807, 2.05) is 36.4 Å². The van der Waals surface area contributed by atoms with E-state index in [2.05, 4.69) is 65.5 Å². The van der Waals surface area contributed by atoms with Crippen LogP contribution in [0, 0.1) is 13.8 Å². The van der Waals surface area contributed by atoms with Crippen LogP contribution >= 0.6 is 35.1 Å². The van der Waals surface area contributed by atoms with Crippen molar-refractivity contribution >= 4 is 102 Å². The number of aryl methyl sites for hydroxylation is 4. The number of carboxylic acids is 1. The number of nitrogens with zero attached hydrogens (tertiary/aromatic N) is 3. The number of nitrogens with two attached hydrogens (primary N) is 2. The number of likely N-dealkylation sites (tertiary alicyclic amines) is 1. The number of nitrogen functional groups attached to an aromatic ring is 2. The topological polar surface area (TPSA) is 182 Å². The standard InChI is InChI=1S/C29H25F2N3O2S.C26H22N2O3S.C3H5F2N.ClH/c1-18-12-22(20-4-6-21(7-5-20)28(36)34-16-29(30,31)17-34)13-23-14-25(37-27(18)23)10-9-24(35)8-2-19-3-11-26(32)33-15-19;1-16-12-20(18-4-6-19(7-5-18)26(30)31)13-21-14-23(32-25(16)21)10-9-22(29)8-2-17-3-11-24(27)28-15-17;4-3(5)1-6-2-3;/h2-8,11-15H,9-10,16-17H2,1H3,(H2,32,33);2-8,11-15H,9-10H2,1H3,(H2,27,28)(H,30,31);6H,1-2H2;1H/b2*8-2+;;. The minimum atomic E-state index is -2.78. The molecule has 6 N–H and O–H groups in total. The Morgan fingerprint density at radius 3 is 1.39 bits per heavy atom. The molecule has 0 spiro atoms. The lowest BCUT2D eigenvalue weighted by atomic mass is 9.99. The second-order valence-electron chi connectivity index (χ2n) is 18.4. The first-order valence-corrected chi connectivity index (χ1v) is 25.5. The molecule has 4 aromatic carbocycles. The lowest BCUT2D eigenvalue weighted by Gasteiger charge is -2.38. The molecule has 11 nitrogen and oxygen atoms in total. The fourth-order valence-corrected chi connectivity index (χ4v) is 10.4. The number of pyridine rings is 2. The van der Waals surface area contributed by atoms with Crippen LogP contribution in [0.5, 0.6) is 0 Å². The number of hydrogen-bond donors (Lipinski definition) is 4. The SMILES string of the molecule is Cc1cc(-c2ccc(C(=O)N3CC(F)(F)C3)cc2)cc2cc(CCC(=O)/C=C/c3ccc(N)nc3)sc12.Cc1cc(-c2ccc(C(=O)O)cc2)cc2cc(CCC(=O)/C=C/c3ccc(N)nc3)sc12.Cl.FC1(F)CNC1. The molecular formula is C58H53ClF4N6O5S2. The zero-order valence-electron chi connectivity index (χ0n) is 41.3. The molecule has 76 heavy (non-hydrogen) atoms. The van der Waals surface area contributed by atoms with Crippen molar-refractivity contribution in [3.05, 3.63) is 177 Å². The second-order valence-corrected chi connectivity index (χ2v) is 20.7. The number of thiophene rings is 2. The van der Waals surface area contributed by atoms with E-state index >= 15 is 0 Å². The Morgan fingerprint density at radius 1 is 0.618 bits per heavy atom. The summed E-state index contributed by atoms with van der Waals surface area (Å²) in [6.07, 6.45) is 12.1. The van der Waals surface area contributed by atoms with E-state index in [0.29, 0.717) is 42.9 Å². The van der Waals surface area contributed by atoms with Crippen molar-refractivity contribution in [3.8, 4) is 22.3 Å². The molecular weight excluding hydrogens is 1040 g/mol. The first kappa shape index (κ1) is 56.2. The number of alkyl halides is 4. The van der Waals surface area contributed by atoms with Crippen LogP contribution in [0.25, 0.3) is 54.6 Å². The first-order chi connectivity index (χ1) is 35.8. The van der Waals surface area contributed by atoms with Gasteiger partial charge in [0, 0.05) is 50.0 Å². The molecule has 0 bridgehead atoms. The van der Waals surface area contributed by atoms with Gasteiger partial charge in [-0.3, -0.25) is 14.4 Å². The summed E-state index contributed by atoms with van der Waals surface area (Å²) in [5.74, 6) is -5.47. The Morgan fingerprint density at radius 2 is 1.04 bits per heavy atom. The Kier molecular flexibility index (Phi) is 18.0. The number of amides is 1. The number of carbonyl (C=O) groups excluding carboxylic acids is 3. The van der Waals surface area contributed by atoms with Crippen LogP contribution in [0.15, 0.2) is 134 Å². The van der Waals surface area contributed by atoms with E-state index in [0.717, 1.165) is 69.9 Å². The normalized spacial score (nSPS) is 14.2.